The fourth-order valence-corrected chi connectivity index (χ4v) is 2.53. The number of benzene rings is 3. The number of anilines is 2. The molecule has 136 valence electrons. The summed E-state index contributed by atoms with van der Waals surface area (Å²) in [5.41, 5.74) is 3.75. The lowest BCUT2D eigenvalue weighted by molar-refractivity contribution is 0.102. The molecule has 3 aromatic rings. The smallest absolute Gasteiger partial charge is 0.259 e. The molecule has 0 atom stereocenters. The summed E-state index contributed by atoms with van der Waals surface area (Å²) in [4.78, 5) is 24.9. The lowest BCUT2D eigenvalue weighted by Gasteiger charge is -2.10. The Hall–Kier alpha value is -3.60. The number of hydrogen-bond acceptors (Lipinski definition) is 3. The van der Waals surface area contributed by atoms with E-state index in [0.717, 1.165) is 11.1 Å². The van der Waals surface area contributed by atoms with Crippen LogP contribution in [0.25, 0.3) is 0 Å². The van der Waals surface area contributed by atoms with E-state index < -0.39 is 5.91 Å². The molecular weight excluding hydrogens is 340 g/mol. The van der Waals surface area contributed by atoms with Crippen LogP contribution in [0, 0.1) is 13.8 Å². The van der Waals surface area contributed by atoms with E-state index in [0.29, 0.717) is 11.4 Å². The minimum absolute atomic E-state index is 0.0344. The minimum atomic E-state index is -0.485. The Bertz CT molecular complexity index is 977. The van der Waals surface area contributed by atoms with E-state index in [2.05, 4.69) is 10.6 Å². The van der Waals surface area contributed by atoms with E-state index in [1.807, 2.05) is 38.1 Å². The fraction of sp³-hybridized carbons (Fsp3) is 0.0909. The van der Waals surface area contributed by atoms with Crippen LogP contribution < -0.4 is 10.6 Å². The number of carbonyl (C=O) groups excluding carboxylic acids is 2. The highest BCUT2D eigenvalue weighted by Crippen LogP contribution is 2.21. The number of phenolic OH excluding ortho intramolecular Hbond substituents is 1. The SMILES string of the molecule is Cc1ccc(NC(=O)c2ccc(O)c(C(=O)Nc3ccc(C)cc3)c2)cc1. The van der Waals surface area contributed by atoms with Gasteiger partial charge in [0.15, 0.2) is 0 Å². The van der Waals surface area contributed by atoms with Gasteiger partial charge in [0.2, 0.25) is 0 Å². The van der Waals surface area contributed by atoms with Gasteiger partial charge in [0, 0.05) is 16.9 Å². The Kier molecular flexibility index (Phi) is 5.22. The van der Waals surface area contributed by atoms with Crippen molar-refractivity contribution in [3.63, 3.8) is 0 Å². The van der Waals surface area contributed by atoms with Crippen LogP contribution in [0.3, 0.4) is 0 Å². The van der Waals surface area contributed by atoms with Gasteiger partial charge in [-0.05, 0) is 56.3 Å². The maximum absolute atomic E-state index is 12.5. The summed E-state index contributed by atoms with van der Waals surface area (Å²) in [5.74, 6) is -1.03. The van der Waals surface area contributed by atoms with Crippen LogP contribution in [-0.4, -0.2) is 16.9 Å². The molecule has 2 amide bonds. The molecule has 27 heavy (non-hydrogen) atoms. The average Bonchev–Trinajstić information content (AvgIpc) is 2.65. The van der Waals surface area contributed by atoms with Crippen LogP contribution in [0.5, 0.6) is 5.75 Å². The molecule has 5 nitrogen and oxygen atoms in total. The highest BCUT2D eigenvalue weighted by molar-refractivity contribution is 6.10. The first-order valence-electron chi connectivity index (χ1n) is 8.51. The Labute approximate surface area is 157 Å². The Morgan fingerprint density at radius 2 is 1.19 bits per heavy atom. The Balaban J connectivity index is 1.78. The van der Waals surface area contributed by atoms with E-state index in [1.165, 1.54) is 18.2 Å². The van der Waals surface area contributed by atoms with Crippen LogP contribution in [-0.2, 0) is 0 Å². The molecule has 0 aliphatic rings. The molecule has 0 aliphatic carbocycles. The minimum Gasteiger partial charge on any atom is -0.507 e. The van der Waals surface area contributed by atoms with E-state index in [4.69, 9.17) is 0 Å². The molecule has 0 heterocycles. The monoisotopic (exact) mass is 360 g/mol. The number of carbonyl (C=O) groups is 2. The van der Waals surface area contributed by atoms with Crippen LogP contribution >= 0.6 is 0 Å². The molecule has 0 aromatic heterocycles. The van der Waals surface area contributed by atoms with Crippen LogP contribution in [0.1, 0.15) is 31.8 Å². The van der Waals surface area contributed by atoms with Crippen molar-refractivity contribution in [3.05, 3.63) is 89.0 Å². The molecule has 5 heteroatoms. The summed E-state index contributed by atoms with van der Waals surface area (Å²) in [5, 5.41) is 15.5. The van der Waals surface area contributed by atoms with Crippen molar-refractivity contribution in [2.75, 3.05) is 10.6 Å². The second kappa shape index (κ2) is 7.74. The molecular formula is C22H20N2O3. The molecule has 0 fully saturated rings. The Morgan fingerprint density at radius 1 is 0.704 bits per heavy atom. The van der Waals surface area contributed by atoms with Gasteiger partial charge in [0.25, 0.3) is 11.8 Å². The van der Waals surface area contributed by atoms with E-state index in [9.17, 15) is 14.7 Å². The van der Waals surface area contributed by atoms with Crippen LogP contribution in [0.2, 0.25) is 0 Å². The highest BCUT2D eigenvalue weighted by atomic mass is 16.3. The highest BCUT2D eigenvalue weighted by Gasteiger charge is 2.15. The molecule has 3 N–H and O–H groups in total. The molecule has 0 unspecified atom stereocenters. The van der Waals surface area contributed by atoms with Gasteiger partial charge in [0.1, 0.15) is 5.75 Å². The van der Waals surface area contributed by atoms with Gasteiger partial charge in [-0.15, -0.1) is 0 Å². The second-order valence-electron chi connectivity index (χ2n) is 6.37. The van der Waals surface area contributed by atoms with E-state index in [1.54, 1.807) is 24.3 Å². The number of rotatable bonds is 4. The van der Waals surface area contributed by atoms with Gasteiger partial charge in [-0.25, -0.2) is 0 Å². The normalized spacial score (nSPS) is 10.3. The third kappa shape index (κ3) is 4.52. The third-order valence-corrected chi connectivity index (χ3v) is 4.12. The molecule has 0 radical (unpaired) electrons. The zero-order chi connectivity index (χ0) is 19.4. The van der Waals surface area contributed by atoms with Crippen molar-refractivity contribution in [3.8, 4) is 5.75 Å². The number of phenols is 1. The second-order valence-corrected chi connectivity index (χ2v) is 6.37. The third-order valence-electron chi connectivity index (χ3n) is 4.12. The van der Waals surface area contributed by atoms with Gasteiger partial charge >= 0.3 is 0 Å². The molecule has 0 aliphatic heterocycles. The molecule has 3 aromatic carbocycles. The number of aromatic hydroxyl groups is 1. The molecule has 0 saturated heterocycles. The zero-order valence-electron chi connectivity index (χ0n) is 15.1. The first-order valence-corrected chi connectivity index (χ1v) is 8.51. The zero-order valence-corrected chi connectivity index (χ0v) is 15.1. The predicted octanol–water partition coefficient (Wildman–Crippen LogP) is 4.51. The Morgan fingerprint density at radius 3 is 1.70 bits per heavy atom. The molecule has 0 saturated carbocycles. The number of hydrogen-bond donors (Lipinski definition) is 3. The topological polar surface area (TPSA) is 78.4 Å². The molecule has 0 bridgehead atoms. The van der Waals surface area contributed by atoms with Crippen molar-refractivity contribution in [2.24, 2.45) is 0 Å². The van der Waals surface area contributed by atoms with Crippen molar-refractivity contribution in [1.29, 1.82) is 0 Å². The first kappa shape index (κ1) is 18.2. The average molecular weight is 360 g/mol. The van der Waals surface area contributed by atoms with Gasteiger partial charge in [-0.3, -0.25) is 9.59 Å². The summed E-state index contributed by atoms with van der Waals surface area (Å²) < 4.78 is 0. The van der Waals surface area contributed by atoms with E-state index in [-0.39, 0.29) is 22.8 Å². The molecule has 0 spiro atoms. The lowest BCUT2D eigenvalue weighted by atomic mass is 10.1. The predicted molar refractivity (Wildman–Crippen MR) is 106 cm³/mol. The summed E-state index contributed by atoms with van der Waals surface area (Å²) in [6.07, 6.45) is 0. The maximum Gasteiger partial charge on any atom is 0.259 e. The summed E-state index contributed by atoms with van der Waals surface area (Å²) in [6, 6.07) is 18.9. The lowest BCUT2D eigenvalue weighted by Crippen LogP contribution is -2.15. The van der Waals surface area contributed by atoms with Crippen LogP contribution in [0.15, 0.2) is 66.7 Å². The summed E-state index contributed by atoms with van der Waals surface area (Å²) in [6.45, 7) is 3.91. The van der Waals surface area contributed by atoms with Crippen molar-refractivity contribution in [2.45, 2.75) is 13.8 Å². The van der Waals surface area contributed by atoms with Gasteiger partial charge in [0.05, 0.1) is 5.56 Å². The fourth-order valence-electron chi connectivity index (χ4n) is 2.53. The maximum atomic E-state index is 12.5. The summed E-state index contributed by atoms with van der Waals surface area (Å²) >= 11 is 0. The van der Waals surface area contributed by atoms with E-state index >= 15 is 0 Å². The number of aryl methyl sites for hydroxylation is 2. The largest absolute Gasteiger partial charge is 0.507 e. The van der Waals surface area contributed by atoms with Crippen molar-refractivity contribution < 1.29 is 14.7 Å². The number of amides is 2. The van der Waals surface area contributed by atoms with Crippen molar-refractivity contribution >= 4 is 23.2 Å². The van der Waals surface area contributed by atoms with Gasteiger partial charge in [-0.1, -0.05) is 35.4 Å². The summed E-state index contributed by atoms with van der Waals surface area (Å²) in [7, 11) is 0. The van der Waals surface area contributed by atoms with Gasteiger partial charge in [-0.2, -0.15) is 0 Å². The first-order chi connectivity index (χ1) is 12.9. The number of nitrogens with one attached hydrogen (secondary N) is 2. The van der Waals surface area contributed by atoms with Crippen molar-refractivity contribution in [1.82, 2.24) is 0 Å². The standard InChI is InChI=1S/C22H20N2O3/c1-14-3-8-17(9-4-14)23-21(26)16-7-12-20(25)19(13-16)22(27)24-18-10-5-15(2)6-11-18/h3-13,25H,1-2H3,(H,23,26)(H,24,27). The molecule has 3 rings (SSSR count). The van der Waals surface area contributed by atoms with Gasteiger partial charge < -0.3 is 15.7 Å². The quantitative estimate of drug-likeness (QED) is 0.640. The van der Waals surface area contributed by atoms with Crippen LogP contribution in [0.4, 0.5) is 11.4 Å².